The van der Waals surface area contributed by atoms with Gasteiger partial charge >= 0.3 is 0 Å². The number of amides is 1. The molecule has 1 aliphatic heterocycles. The summed E-state index contributed by atoms with van der Waals surface area (Å²) in [5, 5.41) is 21.0. The van der Waals surface area contributed by atoms with Gasteiger partial charge in [-0.3, -0.25) is 4.79 Å². The summed E-state index contributed by atoms with van der Waals surface area (Å²) in [6.07, 6.45) is 1.69. The molecule has 2 heterocycles. The van der Waals surface area contributed by atoms with Gasteiger partial charge in [0, 0.05) is 28.7 Å². The maximum absolute atomic E-state index is 13.4. The Morgan fingerprint density at radius 1 is 1.00 bits per heavy atom. The van der Waals surface area contributed by atoms with Crippen molar-refractivity contribution >= 4 is 22.5 Å². The number of carbonyl (C=O) groups excluding carboxylic acids is 1. The van der Waals surface area contributed by atoms with Crippen LogP contribution in [0.4, 0.5) is 5.69 Å². The van der Waals surface area contributed by atoms with E-state index in [-0.39, 0.29) is 29.0 Å². The lowest BCUT2D eigenvalue weighted by Gasteiger charge is -2.35. The highest BCUT2D eigenvalue weighted by atomic mass is 16.3. The molecule has 5 rings (SSSR count). The smallest absolute Gasteiger partial charge is 0.262 e. The Morgan fingerprint density at radius 3 is 2.61 bits per heavy atom. The largest absolute Gasteiger partial charge is 0.508 e. The third kappa shape index (κ3) is 3.59. The van der Waals surface area contributed by atoms with Crippen molar-refractivity contribution in [3.63, 3.8) is 0 Å². The first-order valence-electron chi connectivity index (χ1n) is 11.2. The molecule has 33 heavy (non-hydrogen) atoms. The Hall–Kier alpha value is -3.86. The van der Waals surface area contributed by atoms with Gasteiger partial charge in [-0.15, -0.1) is 0 Å². The summed E-state index contributed by atoms with van der Waals surface area (Å²) in [5.41, 5.74) is 7.36. The molecule has 0 bridgehead atoms. The van der Waals surface area contributed by atoms with Crippen molar-refractivity contribution in [1.82, 2.24) is 4.98 Å². The summed E-state index contributed by atoms with van der Waals surface area (Å²) in [4.78, 5) is 20.1. The molecule has 0 radical (unpaired) electrons. The van der Waals surface area contributed by atoms with Gasteiger partial charge in [-0.05, 0) is 80.6 Å². The predicted molar refractivity (Wildman–Crippen MR) is 131 cm³/mol. The van der Waals surface area contributed by atoms with Gasteiger partial charge in [0.1, 0.15) is 11.5 Å². The molecule has 1 aromatic heterocycles. The van der Waals surface area contributed by atoms with Gasteiger partial charge in [-0.25, -0.2) is 4.98 Å². The number of aromatic nitrogens is 1. The summed E-state index contributed by atoms with van der Waals surface area (Å²) in [6.45, 7) is 6.17. The fraction of sp³-hybridized carbons (Fsp3) is 0.214. The van der Waals surface area contributed by atoms with Crippen molar-refractivity contribution in [2.24, 2.45) is 0 Å². The number of benzene rings is 3. The van der Waals surface area contributed by atoms with E-state index in [9.17, 15) is 15.0 Å². The Kier molecular flexibility index (Phi) is 5.05. The standard InChI is InChI=1S/C28H26N2O3/c1-16-5-4-6-20-13-17(2)27(29-26(16)20)21-9-12-24-19(14-21)8-7-18(3)30(24)28(33)23-11-10-22(31)15-25(23)32/h4-6,9-15,18,31-32H,7-8H2,1-3H3/t18-/m0/s1. The molecule has 166 valence electrons. The topological polar surface area (TPSA) is 73.7 Å². The van der Waals surface area contributed by atoms with Gasteiger partial charge in [0.2, 0.25) is 0 Å². The Bertz CT molecular complexity index is 1410. The van der Waals surface area contributed by atoms with Crippen molar-refractivity contribution < 1.29 is 15.0 Å². The van der Waals surface area contributed by atoms with E-state index in [1.807, 2.05) is 19.1 Å². The van der Waals surface area contributed by atoms with Crippen LogP contribution in [0.15, 0.2) is 60.7 Å². The molecule has 3 aromatic carbocycles. The lowest BCUT2D eigenvalue weighted by atomic mass is 9.92. The fourth-order valence-electron chi connectivity index (χ4n) is 4.78. The highest BCUT2D eigenvalue weighted by Gasteiger charge is 2.30. The second kappa shape index (κ2) is 7.93. The molecule has 0 fully saturated rings. The van der Waals surface area contributed by atoms with Crippen LogP contribution < -0.4 is 4.90 Å². The minimum Gasteiger partial charge on any atom is -0.508 e. The Labute approximate surface area is 193 Å². The highest BCUT2D eigenvalue weighted by Crippen LogP contribution is 2.37. The molecule has 0 saturated heterocycles. The number of carbonyl (C=O) groups is 1. The van der Waals surface area contributed by atoms with Crippen molar-refractivity contribution in [3.8, 4) is 22.8 Å². The molecular formula is C28H26N2O3. The van der Waals surface area contributed by atoms with Crippen LogP contribution in [0.25, 0.3) is 22.2 Å². The number of fused-ring (bicyclic) bond motifs is 2. The van der Waals surface area contributed by atoms with Crippen molar-refractivity contribution in [1.29, 1.82) is 0 Å². The number of aryl methyl sites for hydroxylation is 3. The number of hydrogen-bond donors (Lipinski definition) is 2. The molecule has 2 N–H and O–H groups in total. The zero-order valence-electron chi connectivity index (χ0n) is 19.0. The van der Waals surface area contributed by atoms with E-state index in [4.69, 9.17) is 4.98 Å². The van der Waals surface area contributed by atoms with Crippen LogP contribution in [0.3, 0.4) is 0 Å². The van der Waals surface area contributed by atoms with E-state index in [1.165, 1.54) is 18.2 Å². The van der Waals surface area contributed by atoms with Gasteiger partial charge in [0.15, 0.2) is 0 Å². The van der Waals surface area contributed by atoms with E-state index in [1.54, 1.807) is 4.90 Å². The van der Waals surface area contributed by atoms with Crippen molar-refractivity contribution in [2.45, 2.75) is 39.7 Å². The molecule has 0 spiro atoms. The molecule has 5 nitrogen and oxygen atoms in total. The molecule has 0 unspecified atom stereocenters. The van der Waals surface area contributed by atoms with Crippen LogP contribution in [0.2, 0.25) is 0 Å². The van der Waals surface area contributed by atoms with Gasteiger partial charge in [-0.1, -0.05) is 24.3 Å². The maximum atomic E-state index is 13.4. The zero-order valence-corrected chi connectivity index (χ0v) is 19.0. The molecule has 4 aromatic rings. The summed E-state index contributed by atoms with van der Waals surface area (Å²) < 4.78 is 0. The molecule has 5 heteroatoms. The van der Waals surface area contributed by atoms with E-state index in [2.05, 4.69) is 44.2 Å². The number of rotatable bonds is 2. The molecule has 1 atom stereocenters. The number of nitrogens with zero attached hydrogens (tertiary/aromatic N) is 2. The average Bonchev–Trinajstić information content (AvgIpc) is 2.78. The van der Waals surface area contributed by atoms with E-state index >= 15 is 0 Å². The number of hydrogen-bond acceptors (Lipinski definition) is 4. The van der Waals surface area contributed by atoms with E-state index < -0.39 is 0 Å². The van der Waals surface area contributed by atoms with Gasteiger partial charge in [0.25, 0.3) is 5.91 Å². The minimum atomic E-state index is -0.274. The Balaban J connectivity index is 1.58. The second-order valence-electron chi connectivity index (χ2n) is 8.91. The van der Waals surface area contributed by atoms with Crippen molar-refractivity contribution in [3.05, 3.63) is 82.9 Å². The first kappa shape index (κ1) is 21.0. The maximum Gasteiger partial charge on any atom is 0.262 e. The second-order valence-corrected chi connectivity index (χ2v) is 8.91. The summed E-state index contributed by atoms with van der Waals surface area (Å²) in [7, 11) is 0. The summed E-state index contributed by atoms with van der Waals surface area (Å²) in [5.74, 6) is -0.569. The number of pyridine rings is 1. The normalized spacial score (nSPS) is 15.5. The molecule has 0 saturated carbocycles. The van der Waals surface area contributed by atoms with Crippen LogP contribution in [-0.2, 0) is 6.42 Å². The first-order chi connectivity index (χ1) is 15.8. The minimum absolute atomic E-state index is 0.00719. The first-order valence-corrected chi connectivity index (χ1v) is 11.2. The lowest BCUT2D eigenvalue weighted by molar-refractivity contribution is 0.0972. The SMILES string of the molecule is Cc1cc2cccc(C)c2nc1-c1ccc2c(c1)CC[C@H](C)N2C(=O)c1ccc(O)cc1O. The third-order valence-electron chi connectivity index (χ3n) is 6.55. The van der Waals surface area contributed by atoms with Gasteiger partial charge in [0.05, 0.1) is 16.8 Å². The predicted octanol–water partition coefficient (Wildman–Crippen LogP) is 5.91. The van der Waals surface area contributed by atoms with Gasteiger partial charge < -0.3 is 15.1 Å². The van der Waals surface area contributed by atoms with Gasteiger partial charge in [-0.2, -0.15) is 0 Å². The van der Waals surface area contributed by atoms with Crippen LogP contribution in [-0.4, -0.2) is 27.1 Å². The monoisotopic (exact) mass is 438 g/mol. The quantitative estimate of drug-likeness (QED) is 0.408. The average molecular weight is 439 g/mol. The van der Waals surface area contributed by atoms with Crippen LogP contribution in [0, 0.1) is 13.8 Å². The molecule has 1 aliphatic rings. The lowest BCUT2D eigenvalue weighted by Crippen LogP contribution is -2.42. The zero-order chi connectivity index (χ0) is 23.3. The van der Waals surface area contributed by atoms with Crippen LogP contribution in [0.1, 0.15) is 40.4 Å². The van der Waals surface area contributed by atoms with Crippen LogP contribution >= 0.6 is 0 Å². The molecule has 0 aliphatic carbocycles. The fourth-order valence-corrected chi connectivity index (χ4v) is 4.78. The number of para-hydroxylation sites is 1. The molecular weight excluding hydrogens is 412 g/mol. The summed E-state index contributed by atoms with van der Waals surface area (Å²) in [6, 6.07) is 18.6. The summed E-state index contributed by atoms with van der Waals surface area (Å²) >= 11 is 0. The number of anilines is 1. The number of phenols is 2. The number of phenolic OH excluding ortho intramolecular Hbond substituents is 2. The van der Waals surface area contributed by atoms with Crippen molar-refractivity contribution in [2.75, 3.05) is 4.90 Å². The van der Waals surface area contributed by atoms with Crippen LogP contribution in [0.5, 0.6) is 11.5 Å². The Morgan fingerprint density at radius 2 is 1.82 bits per heavy atom. The highest BCUT2D eigenvalue weighted by molar-refractivity contribution is 6.09. The van der Waals surface area contributed by atoms with E-state index in [0.29, 0.717) is 0 Å². The number of aromatic hydroxyl groups is 2. The van der Waals surface area contributed by atoms with E-state index in [0.717, 1.165) is 57.4 Å². The third-order valence-corrected chi connectivity index (χ3v) is 6.55. The molecule has 1 amide bonds.